The largest absolute Gasteiger partial charge is 0.496 e. The van der Waals surface area contributed by atoms with Crippen molar-refractivity contribution < 1.29 is 9.47 Å². The molecule has 0 radical (unpaired) electrons. The molecule has 0 atom stereocenters. The fraction of sp³-hybridized carbons (Fsp3) is 0.214. The molecule has 0 aliphatic carbocycles. The van der Waals surface area contributed by atoms with Gasteiger partial charge in [0, 0.05) is 29.6 Å². The highest BCUT2D eigenvalue weighted by Gasteiger charge is 2.17. The van der Waals surface area contributed by atoms with Gasteiger partial charge >= 0.3 is 0 Å². The number of fused-ring (bicyclic) bond motifs is 1. The quantitative estimate of drug-likeness (QED) is 0.421. The molecule has 1 N–H and O–H groups in total. The Kier molecular flexibility index (Phi) is 5.80. The molecule has 2 heterocycles. The summed E-state index contributed by atoms with van der Waals surface area (Å²) in [7, 11) is 1.64. The van der Waals surface area contributed by atoms with E-state index in [2.05, 4.69) is 42.2 Å². The Bertz CT molecular complexity index is 1330. The number of aromatic nitrogens is 1. The number of methoxy groups -OCH3 is 1. The molecular weight excluding hydrogens is 410 g/mol. The smallest absolute Gasteiger partial charge is 0.128 e. The molecule has 0 spiro atoms. The Labute approximate surface area is 194 Å². The average molecular weight is 438 g/mol. The second kappa shape index (κ2) is 9.04. The minimum absolute atomic E-state index is 0.450. The molecule has 1 aliphatic rings. The predicted molar refractivity (Wildman–Crippen MR) is 134 cm³/mol. The van der Waals surface area contributed by atoms with Gasteiger partial charge in [0.05, 0.1) is 43.4 Å². The molecule has 4 aromatic rings. The van der Waals surface area contributed by atoms with Crippen LogP contribution in [0.4, 0.5) is 5.69 Å². The molecule has 1 aromatic heterocycles. The molecule has 1 fully saturated rings. The number of morpholine rings is 1. The van der Waals surface area contributed by atoms with Crippen LogP contribution in [0, 0.1) is 12.3 Å². The van der Waals surface area contributed by atoms with Crippen molar-refractivity contribution in [3.05, 3.63) is 89.6 Å². The SMILES string of the molecule is COc1ccccc1C(=N)c1cccc(C)c1-c1ccc2ncc(N3CCOCC3)cc2c1. The van der Waals surface area contributed by atoms with Gasteiger partial charge in [-0.3, -0.25) is 10.4 Å². The number of aryl methyl sites for hydroxylation is 1. The van der Waals surface area contributed by atoms with Crippen molar-refractivity contribution in [2.24, 2.45) is 0 Å². The van der Waals surface area contributed by atoms with Gasteiger partial charge in [-0.2, -0.15) is 0 Å². The highest BCUT2D eigenvalue weighted by Crippen LogP contribution is 2.33. The number of nitrogens with one attached hydrogen (secondary N) is 1. The van der Waals surface area contributed by atoms with Crippen molar-refractivity contribution >= 4 is 22.3 Å². The Morgan fingerprint density at radius 3 is 2.58 bits per heavy atom. The minimum atomic E-state index is 0.450. The Morgan fingerprint density at radius 2 is 1.76 bits per heavy atom. The molecule has 5 rings (SSSR count). The standard InChI is InChI=1S/C28H27N3O2/c1-19-6-5-8-24(28(29)23-7-3-4-9-26(23)32-2)27(19)20-10-11-25-21(16-20)17-22(18-30-25)31-12-14-33-15-13-31/h3-11,16-18,29H,12-15H2,1-2H3. The van der Waals surface area contributed by atoms with Gasteiger partial charge in [-0.1, -0.05) is 36.4 Å². The van der Waals surface area contributed by atoms with Crippen LogP contribution in [-0.2, 0) is 4.74 Å². The van der Waals surface area contributed by atoms with Crippen molar-refractivity contribution in [1.82, 2.24) is 4.98 Å². The van der Waals surface area contributed by atoms with Crippen LogP contribution in [-0.4, -0.2) is 44.1 Å². The molecule has 0 amide bonds. The zero-order chi connectivity index (χ0) is 22.8. The molecule has 0 bridgehead atoms. The highest BCUT2D eigenvalue weighted by atomic mass is 16.5. The summed E-state index contributed by atoms with van der Waals surface area (Å²) in [6, 6.07) is 22.4. The van der Waals surface area contributed by atoms with Crippen LogP contribution in [0.25, 0.3) is 22.0 Å². The first kappa shape index (κ1) is 21.2. The van der Waals surface area contributed by atoms with E-state index in [1.165, 1.54) is 0 Å². The Balaban J connectivity index is 1.60. The van der Waals surface area contributed by atoms with Crippen LogP contribution >= 0.6 is 0 Å². The lowest BCUT2D eigenvalue weighted by molar-refractivity contribution is 0.122. The molecule has 166 valence electrons. The summed E-state index contributed by atoms with van der Waals surface area (Å²) in [6.45, 7) is 5.35. The number of rotatable bonds is 5. The molecular formula is C28H27N3O2. The van der Waals surface area contributed by atoms with E-state index in [4.69, 9.17) is 19.9 Å². The third kappa shape index (κ3) is 4.08. The maximum Gasteiger partial charge on any atom is 0.128 e. The van der Waals surface area contributed by atoms with Gasteiger partial charge in [0.2, 0.25) is 0 Å². The first-order valence-electron chi connectivity index (χ1n) is 11.2. The topological polar surface area (TPSA) is 58.4 Å². The maximum absolute atomic E-state index is 9.02. The molecule has 5 heteroatoms. The number of pyridine rings is 1. The van der Waals surface area contributed by atoms with Crippen molar-refractivity contribution in [3.63, 3.8) is 0 Å². The summed E-state index contributed by atoms with van der Waals surface area (Å²) in [5.74, 6) is 0.702. The Morgan fingerprint density at radius 1 is 0.970 bits per heavy atom. The summed E-state index contributed by atoms with van der Waals surface area (Å²) < 4.78 is 11.0. The van der Waals surface area contributed by atoms with E-state index in [1.54, 1.807) is 7.11 Å². The number of hydrogen-bond donors (Lipinski definition) is 1. The molecule has 1 aliphatic heterocycles. The fourth-order valence-electron chi connectivity index (χ4n) is 4.53. The van der Waals surface area contributed by atoms with Crippen molar-refractivity contribution in [3.8, 4) is 16.9 Å². The third-order valence-electron chi connectivity index (χ3n) is 6.25. The lowest BCUT2D eigenvalue weighted by atomic mass is 9.89. The van der Waals surface area contributed by atoms with Crippen LogP contribution in [0.15, 0.2) is 72.9 Å². The fourth-order valence-corrected chi connectivity index (χ4v) is 4.53. The van der Waals surface area contributed by atoms with E-state index < -0.39 is 0 Å². The lowest BCUT2D eigenvalue weighted by Crippen LogP contribution is -2.36. The zero-order valence-electron chi connectivity index (χ0n) is 19.0. The van der Waals surface area contributed by atoms with Crippen molar-refractivity contribution in [1.29, 1.82) is 5.41 Å². The van der Waals surface area contributed by atoms with E-state index in [-0.39, 0.29) is 0 Å². The summed E-state index contributed by atoms with van der Waals surface area (Å²) in [6.07, 6.45) is 1.95. The van der Waals surface area contributed by atoms with Gasteiger partial charge in [-0.05, 0) is 53.9 Å². The molecule has 0 unspecified atom stereocenters. The molecule has 33 heavy (non-hydrogen) atoms. The van der Waals surface area contributed by atoms with Gasteiger partial charge in [0.15, 0.2) is 0 Å². The van der Waals surface area contributed by atoms with Gasteiger partial charge < -0.3 is 14.4 Å². The summed E-state index contributed by atoms with van der Waals surface area (Å²) in [4.78, 5) is 7.02. The number of anilines is 1. The van der Waals surface area contributed by atoms with Gasteiger partial charge in [-0.15, -0.1) is 0 Å². The molecule has 0 saturated carbocycles. The van der Waals surface area contributed by atoms with E-state index >= 15 is 0 Å². The van der Waals surface area contributed by atoms with Crippen LogP contribution in [0.2, 0.25) is 0 Å². The number of ether oxygens (including phenoxy) is 2. The van der Waals surface area contributed by atoms with E-state index in [0.29, 0.717) is 11.5 Å². The van der Waals surface area contributed by atoms with Crippen molar-refractivity contribution in [2.45, 2.75) is 6.92 Å². The second-order valence-corrected chi connectivity index (χ2v) is 8.27. The van der Waals surface area contributed by atoms with E-state index in [0.717, 1.165) is 70.7 Å². The zero-order valence-corrected chi connectivity index (χ0v) is 19.0. The van der Waals surface area contributed by atoms with E-state index in [9.17, 15) is 0 Å². The number of hydrogen-bond acceptors (Lipinski definition) is 5. The van der Waals surface area contributed by atoms with Gasteiger partial charge in [0.25, 0.3) is 0 Å². The lowest BCUT2D eigenvalue weighted by Gasteiger charge is -2.28. The van der Waals surface area contributed by atoms with Crippen LogP contribution in [0.1, 0.15) is 16.7 Å². The number of benzene rings is 3. The first-order valence-corrected chi connectivity index (χ1v) is 11.2. The number of para-hydroxylation sites is 1. The molecule has 5 nitrogen and oxygen atoms in total. The minimum Gasteiger partial charge on any atom is -0.496 e. The van der Waals surface area contributed by atoms with Crippen molar-refractivity contribution in [2.75, 3.05) is 38.3 Å². The predicted octanol–water partition coefficient (Wildman–Crippen LogP) is 5.47. The second-order valence-electron chi connectivity index (χ2n) is 8.27. The number of nitrogens with zero attached hydrogens (tertiary/aromatic N) is 2. The highest BCUT2D eigenvalue weighted by molar-refractivity contribution is 6.16. The van der Waals surface area contributed by atoms with E-state index in [1.807, 2.05) is 42.6 Å². The maximum atomic E-state index is 9.02. The Hall–Kier alpha value is -3.70. The summed E-state index contributed by atoms with van der Waals surface area (Å²) in [5.41, 5.74) is 7.47. The van der Waals surface area contributed by atoms with Crippen LogP contribution in [0.5, 0.6) is 5.75 Å². The van der Waals surface area contributed by atoms with Gasteiger partial charge in [-0.25, -0.2) is 0 Å². The third-order valence-corrected chi connectivity index (χ3v) is 6.25. The average Bonchev–Trinajstić information content (AvgIpc) is 2.88. The van der Waals surface area contributed by atoms with Gasteiger partial charge in [0.1, 0.15) is 5.75 Å². The molecule has 1 saturated heterocycles. The normalized spacial score (nSPS) is 13.8. The first-order chi connectivity index (χ1) is 16.2. The summed E-state index contributed by atoms with van der Waals surface area (Å²) >= 11 is 0. The van der Waals surface area contributed by atoms with Crippen LogP contribution in [0.3, 0.4) is 0 Å². The molecule has 3 aromatic carbocycles. The van der Waals surface area contributed by atoms with Crippen LogP contribution < -0.4 is 9.64 Å². The monoisotopic (exact) mass is 437 g/mol. The summed E-state index contributed by atoms with van der Waals surface area (Å²) in [5, 5.41) is 10.1.